The average molecular weight is 362 g/mol. The number of amides is 1. The van der Waals surface area contributed by atoms with Crippen molar-refractivity contribution in [3.63, 3.8) is 0 Å². The summed E-state index contributed by atoms with van der Waals surface area (Å²) >= 11 is 1.33. The molecule has 8 heteroatoms. The van der Waals surface area contributed by atoms with Crippen molar-refractivity contribution in [3.8, 4) is 0 Å². The first kappa shape index (κ1) is 17.6. The van der Waals surface area contributed by atoms with Crippen LogP contribution in [0.3, 0.4) is 0 Å². The third-order valence-electron chi connectivity index (χ3n) is 4.34. The average Bonchev–Trinajstić information content (AvgIpc) is 3.14. The second kappa shape index (κ2) is 7.35. The first-order valence-electron chi connectivity index (χ1n) is 8.39. The molecule has 0 unspecified atom stereocenters. The van der Waals surface area contributed by atoms with Gasteiger partial charge in [0.1, 0.15) is 21.3 Å². The number of aryl methyl sites for hydroxylation is 2. The van der Waals surface area contributed by atoms with Gasteiger partial charge in [0.2, 0.25) is 5.91 Å². The fourth-order valence-corrected chi connectivity index (χ4v) is 4.22. The number of nitrogens with zero attached hydrogens (tertiary/aromatic N) is 3. The molecule has 2 aromatic rings. The summed E-state index contributed by atoms with van der Waals surface area (Å²) in [5.41, 5.74) is 0.837. The zero-order chi connectivity index (χ0) is 18.0. The number of anilines is 1. The van der Waals surface area contributed by atoms with Gasteiger partial charge in [0.15, 0.2) is 0 Å². The molecule has 1 fully saturated rings. The molecule has 134 valence electrons. The lowest BCUT2D eigenvalue weighted by Gasteiger charge is -2.15. The number of rotatable bonds is 6. The Morgan fingerprint density at radius 1 is 1.36 bits per heavy atom. The van der Waals surface area contributed by atoms with E-state index in [2.05, 4.69) is 15.3 Å². The zero-order valence-electron chi connectivity index (χ0n) is 14.7. The third-order valence-corrected chi connectivity index (χ3v) is 5.51. The molecule has 2 aromatic heterocycles. The van der Waals surface area contributed by atoms with E-state index in [4.69, 9.17) is 4.74 Å². The molecule has 0 saturated carbocycles. The number of fused-ring (bicyclic) bond motifs is 1. The topological polar surface area (TPSA) is 84.4 Å². The SMILES string of the molecule is COC(=O)c1sc2nc(C)nc(NCCCN3CCCC3=O)c2c1C. The van der Waals surface area contributed by atoms with Crippen LogP contribution in [0, 0.1) is 13.8 Å². The second-order valence-corrected chi connectivity index (χ2v) is 7.11. The normalized spacial score (nSPS) is 14.4. The number of nitrogens with one attached hydrogen (secondary N) is 1. The fraction of sp³-hybridized carbons (Fsp3) is 0.529. The first-order chi connectivity index (χ1) is 12.0. The van der Waals surface area contributed by atoms with Gasteiger partial charge in [-0.05, 0) is 32.3 Å². The largest absolute Gasteiger partial charge is 0.465 e. The van der Waals surface area contributed by atoms with E-state index in [1.807, 2.05) is 18.7 Å². The molecule has 1 N–H and O–H groups in total. The number of hydrogen-bond donors (Lipinski definition) is 1. The highest BCUT2D eigenvalue weighted by atomic mass is 32.1. The van der Waals surface area contributed by atoms with Gasteiger partial charge in [0, 0.05) is 26.1 Å². The number of likely N-dealkylation sites (tertiary alicyclic amines) is 1. The maximum atomic E-state index is 11.9. The van der Waals surface area contributed by atoms with Crippen molar-refractivity contribution in [2.24, 2.45) is 0 Å². The number of methoxy groups -OCH3 is 1. The number of thiophene rings is 1. The fourth-order valence-electron chi connectivity index (χ4n) is 3.08. The smallest absolute Gasteiger partial charge is 0.348 e. The molecule has 1 amide bonds. The lowest BCUT2D eigenvalue weighted by atomic mass is 10.2. The molecule has 25 heavy (non-hydrogen) atoms. The second-order valence-electron chi connectivity index (χ2n) is 6.11. The molecule has 0 spiro atoms. The minimum Gasteiger partial charge on any atom is -0.465 e. The Balaban J connectivity index is 1.75. The summed E-state index contributed by atoms with van der Waals surface area (Å²) < 4.78 is 4.85. The summed E-state index contributed by atoms with van der Waals surface area (Å²) in [5.74, 6) is 1.29. The molecule has 1 aliphatic heterocycles. The van der Waals surface area contributed by atoms with Gasteiger partial charge in [-0.1, -0.05) is 0 Å². The molecule has 3 rings (SSSR count). The van der Waals surface area contributed by atoms with Crippen molar-refractivity contribution in [3.05, 3.63) is 16.3 Å². The van der Waals surface area contributed by atoms with Gasteiger partial charge < -0.3 is 15.0 Å². The van der Waals surface area contributed by atoms with Crippen LogP contribution in [0.2, 0.25) is 0 Å². The van der Waals surface area contributed by atoms with Crippen LogP contribution >= 0.6 is 11.3 Å². The van der Waals surface area contributed by atoms with Gasteiger partial charge in [0.25, 0.3) is 0 Å². The van der Waals surface area contributed by atoms with Crippen LogP contribution in [0.4, 0.5) is 5.82 Å². The molecule has 1 saturated heterocycles. The minimum absolute atomic E-state index is 0.247. The molecule has 0 radical (unpaired) electrons. The molecular formula is C17H22N4O3S. The first-order valence-corrected chi connectivity index (χ1v) is 9.20. The number of aromatic nitrogens is 2. The van der Waals surface area contributed by atoms with Crippen LogP contribution in [0.1, 0.15) is 40.3 Å². The zero-order valence-corrected chi connectivity index (χ0v) is 15.5. The Kier molecular flexibility index (Phi) is 5.17. The van der Waals surface area contributed by atoms with Crippen LogP contribution in [0.25, 0.3) is 10.2 Å². The van der Waals surface area contributed by atoms with E-state index in [-0.39, 0.29) is 11.9 Å². The maximum Gasteiger partial charge on any atom is 0.348 e. The van der Waals surface area contributed by atoms with Crippen molar-refractivity contribution in [1.82, 2.24) is 14.9 Å². The summed E-state index contributed by atoms with van der Waals surface area (Å²) in [5, 5.41) is 4.21. The Labute approximate surface area is 150 Å². The van der Waals surface area contributed by atoms with Crippen molar-refractivity contribution in [2.45, 2.75) is 33.1 Å². The predicted molar refractivity (Wildman–Crippen MR) is 97.1 cm³/mol. The van der Waals surface area contributed by atoms with Crippen LogP contribution in [-0.2, 0) is 9.53 Å². The summed E-state index contributed by atoms with van der Waals surface area (Å²) in [6, 6.07) is 0. The monoisotopic (exact) mass is 362 g/mol. The van der Waals surface area contributed by atoms with Crippen LogP contribution in [0.15, 0.2) is 0 Å². The summed E-state index contributed by atoms with van der Waals surface area (Å²) in [4.78, 5) is 35.7. The van der Waals surface area contributed by atoms with Gasteiger partial charge >= 0.3 is 5.97 Å². The summed E-state index contributed by atoms with van der Waals surface area (Å²) in [7, 11) is 1.38. The van der Waals surface area contributed by atoms with Gasteiger partial charge in [0.05, 0.1) is 12.5 Å². The van der Waals surface area contributed by atoms with E-state index in [1.54, 1.807) is 0 Å². The number of carbonyl (C=O) groups excluding carboxylic acids is 2. The Morgan fingerprint density at radius 2 is 2.16 bits per heavy atom. The van der Waals surface area contributed by atoms with E-state index in [1.165, 1.54) is 18.4 Å². The molecule has 0 atom stereocenters. The van der Waals surface area contributed by atoms with E-state index in [0.29, 0.717) is 23.7 Å². The number of carbonyl (C=O) groups is 2. The maximum absolute atomic E-state index is 11.9. The van der Waals surface area contributed by atoms with E-state index < -0.39 is 0 Å². The van der Waals surface area contributed by atoms with Crippen molar-refractivity contribution in [1.29, 1.82) is 0 Å². The lowest BCUT2D eigenvalue weighted by molar-refractivity contribution is -0.127. The number of ether oxygens (including phenoxy) is 1. The van der Waals surface area contributed by atoms with Crippen LogP contribution in [-0.4, -0.2) is 53.5 Å². The Bertz CT molecular complexity index is 818. The predicted octanol–water partition coefficient (Wildman–Crippen LogP) is 2.52. The van der Waals surface area contributed by atoms with Crippen LogP contribution < -0.4 is 5.32 Å². The molecule has 0 bridgehead atoms. The summed E-state index contributed by atoms with van der Waals surface area (Å²) in [6.07, 6.45) is 2.48. The quantitative estimate of drug-likeness (QED) is 0.628. The van der Waals surface area contributed by atoms with E-state index in [9.17, 15) is 9.59 Å². The standard InChI is InChI=1S/C17H22N4O3S/c1-10-13-15(18-7-5-9-21-8-4-6-12(21)22)19-11(2)20-16(13)25-14(10)17(23)24-3/h4-9H2,1-3H3,(H,18,19,20). The minimum atomic E-state index is -0.350. The van der Waals surface area contributed by atoms with Gasteiger partial charge in [-0.15, -0.1) is 11.3 Å². The number of hydrogen-bond acceptors (Lipinski definition) is 7. The van der Waals surface area contributed by atoms with Crippen molar-refractivity contribution < 1.29 is 14.3 Å². The van der Waals surface area contributed by atoms with E-state index in [0.717, 1.165) is 47.5 Å². The van der Waals surface area contributed by atoms with Gasteiger partial charge in [-0.2, -0.15) is 0 Å². The van der Waals surface area contributed by atoms with E-state index >= 15 is 0 Å². The number of esters is 1. The molecule has 0 aliphatic carbocycles. The molecule has 0 aromatic carbocycles. The highest BCUT2D eigenvalue weighted by Gasteiger charge is 2.21. The molecular weight excluding hydrogens is 340 g/mol. The van der Waals surface area contributed by atoms with Crippen molar-refractivity contribution >= 4 is 39.2 Å². The third kappa shape index (κ3) is 3.58. The van der Waals surface area contributed by atoms with Gasteiger partial charge in [-0.25, -0.2) is 14.8 Å². The molecule has 3 heterocycles. The van der Waals surface area contributed by atoms with Gasteiger partial charge in [-0.3, -0.25) is 4.79 Å². The summed E-state index contributed by atoms with van der Waals surface area (Å²) in [6.45, 7) is 6.05. The highest BCUT2D eigenvalue weighted by Crippen LogP contribution is 2.34. The molecule has 7 nitrogen and oxygen atoms in total. The highest BCUT2D eigenvalue weighted by molar-refractivity contribution is 7.20. The Hall–Kier alpha value is -2.22. The van der Waals surface area contributed by atoms with Crippen molar-refractivity contribution in [2.75, 3.05) is 32.1 Å². The molecule has 1 aliphatic rings. The lowest BCUT2D eigenvalue weighted by Crippen LogP contribution is -2.27. The Morgan fingerprint density at radius 3 is 2.84 bits per heavy atom. The van der Waals surface area contributed by atoms with Crippen LogP contribution in [0.5, 0.6) is 0 Å².